The Morgan fingerprint density at radius 1 is 1.19 bits per heavy atom. The summed E-state index contributed by atoms with van der Waals surface area (Å²) in [6, 6.07) is -1.40. The van der Waals surface area contributed by atoms with E-state index in [1.54, 1.807) is 0 Å². The van der Waals surface area contributed by atoms with Crippen LogP contribution >= 0.6 is 7.82 Å². The molecular formula is C15H26B2O8P-. The molecule has 0 N–H and O–H groups in total. The molecule has 0 bridgehead atoms. The number of phosphoric ester groups is 1. The van der Waals surface area contributed by atoms with Crippen LogP contribution in [0, 0.1) is 0 Å². The van der Waals surface area contributed by atoms with Crippen molar-refractivity contribution >= 4 is 23.5 Å². The first-order chi connectivity index (χ1) is 12.2. The molecule has 2 rings (SSSR count). The SMILES string of the molecule is [B]C1CC(OP(=O)([O-])OC2C(COC(C)C)OC([B])[C@@H]2OC)C(CC)O1. The van der Waals surface area contributed by atoms with Gasteiger partial charge >= 0.3 is 0 Å². The van der Waals surface area contributed by atoms with Gasteiger partial charge in [-0.2, -0.15) is 0 Å². The smallest absolute Gasteiger partial charge is 0.268 e. The van der Waals surface area contributed by atoms with Gasteiger partial charge in [-0.05, 0) is 26.7 Å². The van der Waals surface area contributed by atoms with Crippen molar-refractivity contribution in [2.24, 2.45) is 0 Å². The molecule has 2 fully saturated rings. The zero-order valence-electron chi connectivity index (χ0n) is 15.6. The van der Waals surface area contributed by atoms with Crippen LogP contribution < -0.4 is 4.89 Å². The Morgan fingerprint density at radius 2 is 1.88 bits per heavy atom. The average molecular weight is 387 g/mol. The molecule has 8 nitrogen and oxygen atoms in total. The number of rotatable bonds is 9. The Labute approximate surface area is 157 Å². The Balaban J connectivity index is 2.04. The predicted octanol–water partition coefficient (Wildman–Crippen LogP) is 0.252. The summed E-state index contributed by atoms with van der Waals surface area (Å²) in [5, 5.41) is 0. The highest BCUT2D eigenvalue weighted by Crippen LogP contribution is 2.47. The van der Waals surface area contributed by atoms with Gasteiger partial charge in [-0.1, -0.05) is 6.92 Å². The van der Waals surface area contributed by atoms with E-state index < -0.39 is 50.3 Å². The molecule has 0 spiro atoms. The quantitative estimate of drug-likeness (QED) is 0.411. The van der Waals surface area contributed by atoms with Crippen LogP contribution in [0.2, 0.25) is 0 Å². The van der Waals surface area contributed by atoms with E-state index in [9.17, 15) is 9.46 Å². The molecule has 4 radical (unpaired) electrons. The molecule has 2 aliphatic rings. The van der Waals surface area contributed by atoms with Crippen molar-refractivity contribution in [3.8, 4) is 0 Å². The molecule has 26 heavy (non-hydrogen) atoms. The third-order valence-corrected chi connectivity index (χ3v) is 5.39. The summed E-state index contributed by atoms with van der Waals surface area (Å²) in [4.78, 5) is 12.5. The summed E-state index contributed by atoms with van der Waals surface area (Å²) in [6.45, 7) is 5.69. The first kappa shape index (κ1) is 22.4. The average Bonchev–Trinajstić information content (AvgIpc) is 3.03. The van der Waals surface area contributed by atoms with Crippen LogP contribution in [-0.2, 0) is 32.6 Å². The second kappa shape index (κ2) is 9.52. The first-order valence-electron chi connectivity index (χ1n) is 8.81. The second-order valence-electron chi connectivity index (χ2n) is 6.74. The highest BCUT2D eigenvalue weighted by atomic mass is 31.2. The van der Waals surface area contributed by atoms with Crippen molar-refractivity contribution < 1.29 is 37.5 Å². The normalized spacial score (nSPS) is 40.2. The van der Waals surface area contributed by atoms with Crippen molar-refractivity contribution in [3.05, 3.63) is 0 Å². The van der Waals surface area contributed by atoms with Crippen LogP contribution in [0.25, 0.3) is 0 Å². The van der Waals surface area contributed by atoms with Crippen LogP contribution in [0.1, 0.15) is 33.6 Å². The lowest BCUT2D eigenvalue weighted by Gasteiger charge is -2.33. The third kappa shape index (κ3) is 5.79. The molecule has 2 aliphatic heterocycles. The summed E-state index contributed by atoms with van der Waals surface area (Å²) >= 11 is 0. The van der Waals surface area contributed by atoms with E-state index in [1.165, 1.54) is 7.11 Å². The van der Waals surface area contributed by atoms with E-state index in [-0.39, 0.29) is 19.1 Å². The van der Waals surface area contributed by atoms with Crippen molar-refractivity contribution in [1.29, 1.82) is 0 Å². The fraction of sp³-hybridized carbons (Fsp3) is 1.00. The molecule has 0 amide bonds. The number of methoxy groups -OCH3 is 1. The van der Waals surface area contributed by atoms with Crippen LogP contribution in [-0.4, -0.2) is 78.0 Å². The lowest BCUT2D eigenvalue weighted by atomic mass is 9.93. The van der Waals surface area contributed by atoms with E-state index in [0.29, 0.717) is 6.42 Å². The Kier molecular flexibility index (Phi) is 8.19. The van der Waals surface area contributed by atoms with Gasteiger partial charge in [0.2, 0.25) is 0 Å². The summed E-state index contributed by atoms with van der Waals surface area (Å²) in [7, 11) is 8.31. The van der Waals surface area contributed by atoms with Crippen molar-refractivity contribution in [3.63, 3.8) is 0 Å². The monoisotopic (exact) mass is 387 g/mol. The fourth-order valence-electron chi connectivity index (χ4n) is 3.13. The van der Waals surface area contributed by atoms with Gasteiger partial charge in [0.05, 0.1) is 24.9 Å². The van der Waals surface area contributed by atoms with Gasteiger partial charge in [0.1, 0.15) is 34.0 Å². The Bertz CT molecular complexity index is 496. The molecule has 11 heteroatoms. The van der Waals surface area contributed by atoms with E-state index in [4.69, 9.17) is 43.7 Å². The van der Waals surface area contributed by atoms with E-state index in [0.717, 1.165) is 0 Å². The molecule has 8 atom stereocenters. The van der Waals surface area contributed by atoms with Crippen LogP contribution in [0.4, 0.5) is 0 Å². The zero-order chi connectivity index (χ0) is 19.5. The van der Waals surface area contributed by atoms with Gasteiger partial charge in [0.25, 0.3) is 7.82 Å². The molecule has 0 saturated carbocycles. The molecule has 7 unspecified atom stereocenters. The topological polar surface area (TPSA) is 95.5 Å². The molecule has 0 aliphatic carbocycles. The standard InChI is InChI=1S/C15H27B2O8P/c1-5-9-10(6-12(16)22-9)24-26(18,19)25-13-11(7-21-8(2)3)23-15(17)14(13)20-4/h8-15H,5-7H2,1-4H3,(H,18,19)/p-1/t9?,10?,11?,12?,13?,14-,15?/m1/s1. The Hall–Kier alpha value is 0.0799. The number of phosphoric acid groups is 1. The van der Waals surface area contributed by atoms with Crippen LogP contribution in [0.15, 0.2) is 0 Å². The van der Waals surface area contributed by atoms with Gasteiger partial charge in [-0.3, -0.25) is 4.57 Å². The second-order valence-corrected chi connectivity index (χ2v) is 8.06. The third-order valence-electron chi connectivity index (χ3n) is 4.36. The summed E-state index contributed by atoms with van der Waals surface area (Å²) in [5.41, 5.74) is 0. The highest BCUT2D eigenvalue weighted by Gasteiger charge is 2.46. The molecule has 0 aromatic heterocycles. The molecule has 146 valence electrons. The maximum Gasteiger partial charge on any atom is 0.268 e. The van der Waals surface area contributed by atoms with Gasteiger partial charge in [0, 0.05) is 19.1 Å². The van der Waals surface area contributed by atoms with Crippen molar-refractivity contribution in [2.75, 3.05) is 13.7 Å². The minimum absolute atomic E-state index is 0.0604. The largest absolute Gasteiger partial charge is 0.756 e. The summed E-state index contributed by atoms with van der Waals surface area (Å²) in [5.74, 6) is 0. The van der Waals surface area contributed by atoms with E-state index in [1.807, 2.05) is 20.8 Å². The van der Waals surface area contributed by atoms with E-state index >= 15 is 0 Å². The maximum atomic E-state index is 12.5. The molecule has 0 aromatic carbocycles. The van der Waals surface area contributed by atoms with Crippen LogP contribution in [0.3, 0.4) is 0 Å². The fourth-order valence-corrected chi connectivity index (χ4v) is 4.29. The van der Waals surface area contributed by atoms with Gasteiger partial charge in [-0.25, -0.2) is 0 Å². The Morgan fingerprint density at radius 3 is 2.46 bits per heavy atom. The van der Waals surface area contributed by atoms with E-state index in [2.05, 4.69) is 0 Å². The molecule has 0 aromatic rings. The van der Waals surface area contributed by atoms with Crippen molar-refractivity contribution in [1.82, 2.24) is 0 Å². The van der Waals surface area contributed by atoms with Crippen molar-refractivity contribution in [2.45, 2.75) is 82.2 Å². The summed E-state index contributed by atoms with van der Waals surface area (Å²) < 4.78 is 44.7. The number of hydrogen-bond acceptors (Lipinski definition) is 8. The zero-order valence-corrected chi connectivity index (χ0v) is 16.5. The van der Waals surface area contributed by atoms with Gasteiger partial charge in [0.15, 0.2) is 0 Å². The first-order valence-corrected chi connectivity index (χ1v) is 10.3. The van der Waals surface area contributed by atoms with Gasteiger partial charge in [-0.15, -0.1) is 0 Å². The minimum atomic E-state index is -4.69. The highest BCUT2D eigenvalue weighted by molar-refractivity contribution is 7.45. The van der Waals surface area contributed by atoms with Crippen LogP contribution in [0.5, 0.6) is 0 Å². The molecule has 2 saturated heterocycles. The predicted molar refractivity (Wildman–Crippen MR) is 93.0 cm³/mol. The number of ether oxygens (including phenoxy) is 4. The minimum Gasteiger partial charge on any atom is -0.756 e. The number of hydrogen-bond donors (Lipinski definition) is 0. The maximum absolute atomic E-state index is 12.5. The van der Waals surface area contributed by atoms with Gasteiger partial charge < -0.3 is 32.9 Å². The lowest BCUT2D eigenvalue weighted by Crippen LogP contribution is -2.40. The summed E-state index contributed by atoms with van der Waals surface area (Å²) in [6.07, 6.45) is -2.78. The molecular weight excluding hydrogens is 361 g/mol. The lowest BCUT2D eigenvalue weighted by molar-refractivity contribution is -0.239. The molecule has 2 heterocycles.